The molecule has 0 saturated carbocycles. The van der Waals surface area contributed by atoms with Crippen LogP contribution in [0.2, 0.25) is 0 Å². The lowest BCUT2D eigenvalue weighted by molar-refractivity contribution is -0.0302. The fourth-order valence-corrected chi connectivity index (χ4v) is 1.81. The van der Waals surface area contributed by atoms with Crippen molar-refractivity contribution in [2.24, 2.45) is 11.1 Å². The topological polar surface area (TPSA) is 44.5 Å². The minimum absolute atomic E-state index is 0.0973. The lowest BCUT2D eigenvalue weighted by atomic mass is 9.83. The highest BCUT2D eigenvalue weighted by molar-refractivity contribution is 4.84. The van der Waals surface area contributed by atoms with E-state index in [2.05, 4.69) is 20.8 Å². The van der Waals surface area contributed by atoms with Gasteiger partial charge in [0.1, 0.15) is 0 Å². The monoisotopic (exact) mass is 217 g/mol. The summed E-state index contributed by atoms with van der Waals surface area (Å²) in [6.07, 6.45) is 2.08. The Balaban J connectivity index is 4.11. The molecule has 0 aliphatic heterocycles. The summed E-state index contributed by atoms with van der Waals surface area (Å²) in [5, 5.41) is 0. The first-order valence-corrected chi connectivity index (χ1v) is 5.79. The van der Waals surface area contributed by atoms with E-state index in [-0.39, 0.29) is 17.6 Å². The third-order valence-electron chi connectivity index (χ3n) is 2.47. The summed E-state index contributed by atoms with van der Waals surface area (Å²) in [7, 11) is 1.72. The highest BCUT2D eigenvalue weighted by atomic mass is 16.5. The van der Waals surface area contributed by atoms with E-state index < -0.39 is 0 Å². The van der Waals surface area contributed by atoms with Crippen molar-refractivity contribution in [3.05, 3.63) is 0 Å². The van der Waals surface area contributed by atoms with Gasteiger partial charge in [-0.05, 0) is 25.2 Å². The first-order valence-electron chi connectivity index (χ1n) is 5.79. The van der Waals surface area contributed by atoms with Crippen LogP contribution in [0.25, 0.3) is 0 Å². The molecule has 2 N–H and O–H groups in total. The van der Waals surface area contributed by atoms with Crippen LogP contribution >= 0.6 is 0 Å². The van der Waals surface area contributed by atoms with E-state index in [0.717, 1.165) is 26.1 Å². The number of hydrogen-bond donors (Lipinski definition) is 1. The summed E-state index contributed by atoms with van der Waals surface area (Å²) in [5.41, 5.74) is 6.25. The maximum atomic E-state index is 6.15. The largest absolute Gasteiger partial charge is 0.385 e. The molecule has 0 aromatic heterocycles. The summed E-state index contributed by atoms with van der Waals surface area (Å²) in [5.74, 6) is 0. The first kappa shape index (κ1) is 14.9. The molecule has 2 atom stereocenters. The molecular formula is C12H27NO2. The van der Waals surface area contributed by atoms with Crippen molar-refractivity contribution >= 4 is 0 Å². The van der Waals surface area contributed by atoms with Gasteiger partial charge in [0.05, 0.1) is 6.10 Å². The minimum Gasteiger partial charge on any atom is -0.385 e. The van der Waals surface area contributed by atoms with Gasteiger partial charge in [0, 0.05) is 26.4 Å². The molecule has 0 rings (SSSR count). The van der Waals surface area contributed by atoms with Gasteiger partial charge in [-0.25, -0.2) is 0 Å². The number of nitrogens with two attached hydrogens (primary N) is 1. The molecule has 0 amide bonds. The van der Waals surface area contributed by atoms with Gasteiger partial charge in [-0.3, -0.25) is 0 Å². The van der Waals surface area contributed by atoms with Crippen LogP contribution in [0.15, 0.2) is 0 Å². The molecule has 0 aromatic rings. The van der Waals surface area contributed by atoms with Crippen molar-refractivity contribution < 1.29 is 9.47 Å². The van der Waals surface area contributed by atoms with Gasteiger partial charge in [-0.2, -0.15) is 0 Å². The van der Waals surface area contributed by atoms with Crippen molar-refractivity contribution in [2.45, 2.75) is 52.7 Å². The summed E-state index contributed by atoms with van der Waals surface area (Å²) in [4.78, 5) is 0. The van der Waals surface area contributed by atoms with Crippen molar-refractivity contribution in [1.82, 2.24) is 0 Å². The number of hydrogen-bond acceptors (Lipinski definition) is 3. The molecule has 3 nitrogen and oxygen atoms in total. The Labute approximate surface area is 94.3 Å². The fraction of sp³-hybridized carbons (Fsp3) is 1.00. The molecular weight excluding hydrogens is 190 g/mol. The Morgan fingerprint density at radius 2 is 1.87 bits per heavy atom. The van der Waals surface area contributed by atoms with E-state index in [9.17, 15) is 0 Å². The molecule has 0 fully saturated rings. The van der Waals surface area contributed by atoms with Crippen molar-refractivity contribution in [1.29, 1.82) is 0 Å². The van der Waals surface area contributed by atoms with Crippen molar-refractivity contribution in [3.8, 4) is 0 Å². The van der Waals surface area contributed by atoms with Crippen molar-refractivity contribution in [3.63, 3.8) is 0 Å². The summed E-state index contributed by atoms with van der Waals surface area (Å²) in [6, 6.07) is 0.0973. The molecule has 0 aliphatic rings. The number of rotatable bonds is 7. The Bertz CT molecular complexity index is 154. The maximum Gasteiger partial charge on any atom is 0.0773 e. The van der Waals surface area contributed by atoms with E-state index in [1.807, 2.05) is 6.92 Å². The predicted molar refractivity (Wildman–Crippen MR) is 64.0 cm³/mol. The van der Waals surface area contributed by atoms with Crippen LogP contribution in [0.5, 0.6) is 0 Å². The van der Waals surface area contributed by atoms with E-state index in [1.165, 1.54) is 0 Å². The minimum atomic E-state index is 0.0973. The number of ether oxygens (including phenoxy) is 2. The zero-order valence-electron chi connectivity index (χ0n) is 10.9. The average Bonchev–Trinajstić information content (AvgIpc) is 2.12. The predicted octanol–water partition coefficient (Wildman–Crippen LogP) is 2.19. The van der Waals surface area contributed by atoms with E-state index in [1.54, 1.807) is 7.11 Å². The third-order valence-corrected chi connectivity index (χ3v) is 2.47. The van der Waals surface area contributed by atoms with Crippen molar-refractivity contribution in [2.75, 3.05) is 20.3 Å². The molecule has 0 aromatic carbocycles. The molecule has 0 saturated heterocycles. The molecule has 2 unspecified atom stereocenters. The lowest BCUT2D eigenvalue weighted by Crippen LogP contribution is -2.45. The lowest BCUT2D eigenvalue weighted by Gasteiger charge is -2.35. The number of methoxy groups -OCH3 is 1. The second-order valence-electron chi connectivity index (χ2n) is 5.04. The molecule has 92 valence electrons. The summed E-state index contributed by atoms with van der Waals surface area (Å²) in [6.45, 7) is 10.0. The zero-order chi connectivity index (χ0) is 11.9. The van der Waals surface area contributed by atoms with Gasteiger partial charge in [0.25, 0.3) is 0 Å². The Morgan fingerprint density at radius 1 is 1.27 bits per heavy atom. The van der Waals surface area contributed by atoms with Crippen LogP contribution in [0, 0.1) is 5.41 Å². The quantitative estimate of drug-likeness (QED) is 0.665. The van der Waals surface area contributed by atoms with Crippen LogP contribution in [0.3, 0.4) is 0 Å². The molecule has 3 heteroatoms. The van der Waals surface area contributed by atoms with Gasteiger partial charge < -0.3 is 15.2 Å². The highest BCUT2D eigenvalue weighted by Gasteiger charge is 2.30. The Kier molecular flexibility index (Phi) is 7.14. The van der Waals surface area contributed by atoms with Crippen LogP contribution < -0.4 is 5.73 Å². The van der Waals surface area contributed by atoms with Gasteiger partial charge in [-0.15, -0.1) is 0 Å². The first-order chi connectivity index (χ1) is 6.93. The Hall–Kier alpha value is -0.120. The maximum absolute atomic E-state index is 6.15. The van der Waals surface area contributed by atoms with Gasteiger partial charge >= 0.3 is 0 Å². The third kappa shape index (κ3) is 6.13. The molecule has 0 spiro atoms. The van der Waals surface area contributed by atoms with E-state index in [4.69, 9.17) is 15.2 Å². The van der Waals surface area contributed by atoms with Crippen LogP contribution in [0.1, 0.15) is 40.5 Å². The average molecular weight is 217 g/mol. The van der Waals surface area contributed by atoms with Crippen LogP contribution in [-0.2, 0) is 9.47 Å². The molecule has 0 aliphatic carbocycles. The summed E-state index contributed by atoms with van der Waals surface area (Å²) < 4.78 is 10.8. The molecule has 0 bridgehead atoms. The summed E-state index contributed by atoms with van der Waals surface area (Å²) >= 11 is 0. The zero-order valence-corrected chi connectivity index (χ0v) is 10.9. The normalized spacial score (nSPS) is 16.4. The van der Waals surface area contributed by atoms with Crippen LogP contribution in [0.4, 0.5) is 0 Å². The van der Waals surface area contributed by atoms with Gasteiger partial charge in [0.15, 0.2) is 0 Å². The van der Waals surface area contributed by atoms with Crippen LogP contribution in [-0.4, -0.2) is 32.5 Å². The standard InChI is InChI=1S/C12H27NO2/c1-6-15-11(12(2,3)4)10(13)8-7-9-14-5/h10-11H,6-9,13H2,1-5H3. The fourth-order valence-electron chi connectivity index (χ4n) is 1.81. The Morgan fingerprint density at radius 3 is 2.27 bits per heavy atom. The SMILES string of the molecule is CCOC(C(N)CCCOC)C(C)(C)C. The van der Waals surface area contributed by atoms with E-state index >= 15 is 0 Å². The molecule has 0 radical (unpaired) electrons. The second kappa shape index (κ2) is 7.20. The molecule has 0 heterocycles. The second-order valence-corrected chi connectivity index (χ2v) is 5.04. The highest BCUT2D eigenvalue weighted by Crippen LogP contribution is 2.25. The van der Waals surface area contributed by atoms with Gasteiger partial charge in [-0.1, -0.05) is 20.8 Å². The molecule has 15 heavy (non-hydrogen) atoms. The van der Waals surface area contributed by atoms with E-state index in [0.29, 0.717) is 0 Å². The van der Waals surface area contributed by atoms with Gasteiger partial charge in [0.2, 0.25) is 0 Å². The smallest absolute Gasteiger partial charge is 0.0773 e.